The summed E-state index contributed by atoms with van der Waals surface area (Å²) in [4.78, 5) is 24.2. The molecule has 0 spiro atoms. The van der Waals surface area contributed by atoms with Gasteiger partial charge in [-0.1, -0.05) is 30.3 Å². The molecule has 2 aromatic rings. The van der Waals surface area contributed by atoms with E-state index < -0.39 is 0 Å². The average molecular weight is 300 g/mol. The van der Waals surface area contributed by atoms with E-state index in [0.717, 1.165) is 0 Å². The summed E-state index contributed by atoms with van der Waals surface area (Å²) in [6, 6.07) is 15.8. The summed E-state index contributed by atoms with van der Waals surface area (Å²) >= 11 is 4.05. The number of para-hydroxylation sites is 1. The quantitative estimate of drug-likeness (QED) is 0.743. The average Bonchev–Trinajstić information content (AvgIpc) is 2.54. The van der Waals surface area contributed by atoms with Crippen LogP contribution in [0.1, 0.15) is 20.7 Å². The highest BCUT2D eigenvalue weighted by atomic mass is 32.1. The molecule has 2 aromatic carbocycles. The predicted octanol–water partition coefficient (Wildman–Crippen LogP) is 2.60. The van der Waals surface area contributed by atoms with E-state index in [1.54, 1.807) is 48.5 Å². The van der Waals surface area contributed by atoms with Gasteiger partial charge in [-0.05, 0) is 24.3 Å². The third-order valence-corrected chi connectivity index (χ3v) is 3.08. The highest BCUT2D eigenvalue weighted by Gasteiger charge is 2.13. The van der Waals surface area contributed by atoms with Crippen molar-refractivity contribution in [1.82, 2.24) is 5.32 Å². The minimum absolute atomic E-state index is 0.229. The van der Waals surface area contributed by atoms with Crippen molar-refractivity contribution in [3.05, 3.63) is 65.7 Å². The fraction of sp³-hybridized carbons (Fsp3) is 0.125. The van der Waals surface area contributed by atoms with Gasteiger partial charge in [0.15, 0.2) is 0 Å². The molecule has 5 heteroatoms. The molecule has 0 aliphatic rings. The maximum Gasteiger partial charge on any atom is 0.255 e. The molecule has 0 radical (unpaired) electrons. The van der Waals surface area contributed by atoms with Crippen LogP contribution in [-0.2, 0) is 0 Å². The molecule has 108 valence electrons. The van der Waals surface area contributed by atoms with Gasteiger partial charge in [0.1, 0.15) is 0 Å². The van der Waals surface area contributed by atoms with E-state index in [4.69, 9.17) is 0 Å². The second-order valence-corrected chi connectivity index (χ2v) is 4.79. The number of hydrogen-bond acceptors (Lipinski definition) is 3. The van der Waals surface area contributed by atoms with Gasteiger partial charge in [0.2, 0.25) is 0 Å². The van der Waals surface area contributed by atoms with Crippen LogP contribution in [0.2, 0.25) is 0 Å². The molecule has 2 N–H and O–H groups in total. The molecular formula is C16H16N2O2S. The molecule has 0 heterocycles. The van der Waals surface area contributed by atoms with E-state index in [9.17, 15) is 9.59 Å². The lowest BCUT2D eigenvalue weighted by Gasteiger charge is -2.11. The van der Waals surface area contributed by atoms with E-state index in [-0.39, 0.29) is 11.8 Å². The highest BCUT2D eigenvalue weighted by molar-refractivity contribution is 7.80. The Balaban J connectivity index is 2.17. The first-order valence-electron chi connectivity index (χ1n) is 6.57. The van der Waals surface area contributed by atoms with Gasteiger partial charge in [-0.3, -0.25) is 9.59 Å². The number of thiol groups is 1. The van der Waals surface area contributed by atoms with Gasteiger partial charge in [-0.15, -0.1) is 0 Å². The predicted molar refractivity (Wildman–Crippen MR) is 87.0 cm³/mol. The van der Waals surface area contributed by atoms with Gasteiger partial charge >= 0.3 is 0 Å². The van der Waals surface area contributed by atoms with Crippen molar-refractivity contribution in [2.24, 2.45) is 0 Å². The van der Waals surface area contributed by atoms with Crippen molar-refractivity contribution in [1.29, 1.82) is 0 Å². The van der Waals surface area contributed by atoms with Crippen molar-refractivity contribution >= 4 is 30.1 Å². The second kappa shape index (κ2) is 7.50. The van der Waals surface area contributed by atoms with Crippen LogP contribution in [0.15, 0.2) is 54.6 Å². The van der Waals surface area contributed by atoms with Gasteiger partial charge in [0, 0.05) is 17.9 Å². The summed E-state index contributed by atoms with van der Waals surface area (Å²) in [7, 11) is 0. The lowest BCUT2D eigenvalue weighted by atomic mass is 10.1. The number of rotatable bonds is 5. The monoisotopic (exact) mass is 300 g/mol. The Hall–Kier alpha value is -2.27. The second-order valence-electron chi connectivity index (χ2n) is 4.35. The molecular weight excluding hydrogens is 284 g/mol. The zero-order chi connectivity index (χ0) is 15.1. The number of anilines is 1. The first-order valence-corrected chi connectivity index (χ1v) is 7.20. The SMILES string of the molecule is O=C(Nc1ccccc1C(=O)NCCS)c1ccccc1. The minimum atomic E-state index is -0.245. The Morgan fingerprint density at radius 2 is 1.57 bits per heavy atom. The Morgan fingerprint density at radius 3 is 2.29 bits per heavy atom. The summed E-state index contributed by atoms with van der Waals surface area (Å²) < 4.78 is 0. The molecule has 0 aliphatic carbocycles. The van der Waals surface area contributed by atoms with Crippen molar-refractivity contribution in [3.8, 4) is 0 Å². The number of carbonyl (C=O) groups is 2. The first-order chi connectivity index (χ1) is 10.2. The van der Waals surface area contributed by atoms with E-state index in [2.05, 4.69) is 23.3 Å². The summed E-state index contributed by atoms with van der Waals surface area (Å²) in [5, 5.41) is 5.50. The van der Waals surface area contributed by atoms with Gasteiger partial charge in [-0.25, -0.2) is 0 Å². The number of amides is 2. The molecule has 0 aromatic heterocycles. The van der Waals surface area contributed by atoms with Crippen molar-refractivity contribution < 1.29 is 9.59 Å². The number of hydrogen-bond donors (Lipinski definition) is 3. The van der Waals surface area contributed by atoms with Crippen LogP contribution in [0.25, 0.3) is 0 Å². The molecule has 0 saturated heterocycles. The van der Waals surface area contributed by atoms with Gasteiger partial charge in [0.05, 0.1) is 11.3 Å². The Bertz CT molecular complexity index is 629. The number of carbonyl (C=O) groups excluding carboxylic acids is 2. The molecule has 0 atom stereocenters. The molecule has 2 amide bonds. The number of benzene rings is 2. The summed E-state index contributed by atoms with van der Waals surface area (Å²) in [5.41, 5.74) is 1.47. The van der Waals surface area contributed by atoms with Crippen molar-refractivity contribution in [2.45, 2.75) is 0 Å². The van der Waals surface area contributed by atoms with Crippen LogP contribution in [0.4, 0.5) is 5.69 Å². The van der Waals surface area contributed by atoms with Gasteiger partial charge in [-0.2, -0.15) is 12.6 Å². The topological polar surface area (TPSA) is 58.2 Å². The normalized spacial score (nSPS) is 9.95. The van der Waals surface area contributed by atoms with Crippen LogP contribution in [0.5, 0.6) is 0 Å². The van der Waals surface area contributed by atoms with E-state index >= 15 is 0 Å². The molecule has 0 bridgehead atoms. The zero-order valence-electron chi connectivity index (χ0n) is 11.4. The molecule has 0 unspecified atom stereocenters. The maximum atomic E-state index is 12.1. The largest absolute Gasteiger partial charge is 0.351 e. The molecule has 21 heavy (non-hydrogen) atoms. The fourth-order valence-corrected chi connectivity index (χ4v) is 1.95. The Morgan fingerprint density at radius 1 is 0.905 bits per heavy atom. The molecule has 0 fully saturated rings. The Kier molecular flexibility index (Phi) is 5.40. The van der Waals surface area contributed by atoms with E-state index in [1.165, 1.54) is 0 Å². The highest BCUT2D eigenvalue weighted by Crippen LogP contribution is 2.16. The van der Waals surface area contributed by atoms with Gasteiger partial charge < -0.3 is 10.6 Å². The minimum Gasteiger partial charge on any atom is -0.351 e. The molecule has 4 nitrogen and oxygen atoms in total. The van der Waals surface area contributed by atoms with Crippen LogP contribution in [-0.4, -0.2) is 24.1 Å². The maximum absolute atomic E-state index is 12.1. The zero-order valence-corrected chi connectivity index (χ0v) is 12.3. The van der Waals surface area contributed by atoms with Crippen molar-refractivity contribution in [3.63, 3.8) is 0 Å². The first kappa shape index (κ1) is 15.1. The van der Waals surface area contributed by atoms with E-state index in [1.807, 2.05) is 6.07 Å². The summed E-state index contributed by atoms with van der Waals surface area (Å²) in [5.74, 6) is 0.0858. The third kappa shape index (κ3) is 4.10. The third-order valence-electron chi connectivity index (χ3n) is 2.85. The molecule has 2 rings (SSSR count). The summed E-state index contributed by atoms with van der Waals surface area (Å²) in [6.07, 6.45) is 0. The summed E-state index contributed by atoms with van der Waals surface area (Å²) in [6.45, 7) is 0.475. The molecule has 0 saturated carbocycles. The fourth-order valence-electron chi connectivity index (χ4n) is 1.84. The van der Waals surface area contributed by atoms with Crippen LogP contribution in [0, 0.1) is 0 Å². The standard InChI is InChI=1S/C16H16N2O2S/c19-15(12-6-2-1-3-7-12)18-14-9-5-4-8-13(14)16(20)17-10-11-21/h1-9,21H,10-11H2,(H,17,20)(H,18,19). The van der Waals surface area contributed by atoms with Crippen LogP contribution in [0.3, 0.4) is 0 Å². The smallest absolute Gasteiger partial charge is 0.255 e. The van der Waals surface area contributed by atoms with Gasteiger partial charge in [0.25, 0.3) is 11.8 Å². The van der Waals surface area contributed by atoms with E-state index in [0.29, 0.717) is 29.1 Å². The van der Waals surface area contributed by atoms with Crippen LogP contribution >= 0.6 is 12.6 Å². The lowest BCUT2D eigenvalue weighted by Crippen LogP contribution is -2.26. The Labute approximate surface area is 129 Å². The van der Waals surface area contributed by atoms with Crippen LogP contribution < -0.4 is 10.6 Å². The van der Waals surface area contributed by atoms with Crippen molar-refractivity contribution in [2.75, 3.05) is 17.6 Å². The molecule has 0 aliphatic heterocycles. The lowest BCUT2D eigenvalue weighted by molar-refractivity contribution is 0.0957. The number of nitrogens with one attached hydrogen (secondary N) is 2.